The van der Waals surface area contributed by atoms with Gasteiger partial charge in [0.05, 0.1) is 33.6 Å². The van der Waals surface area contributed by atoms with Crippen molar-refractivity contribution in [2.24, 2.45) is 0 Å². The highest BCUT2D eigenvalue weighted by molar-refractivity contribution is 7.93. The maximum Gasteiger partial charge on any atom is 0.245 e. The van der Waals surface area contributed by atoms with E-state index in [0.29, 0.717) is 21.3 Å². The molecule has 0 saturated heterocycles. The normalized spacial score (nSPS) is 14.5. The minimum atomic E-state index is -4.00. The van der Waals surface area contributed by atoms with Crippen LogP contribution < -0.4 is 10.6 Å². The lowest BCUT2D eigenvalue weighted by Gasteiger charge is -2.17. The summed E-state index contributed by atoms with van der Waals surface area (Å²) < 4.78 is 41.5. The molecule has 0 bridgehead atoms. The lowest BCUT2D eigenvalue weighted by molar-refractivity contribution is -0.126. The maximum atomic E-state index is 14.9. The van der Waals surface area contributed by atoms with Crippen LogP contribution in [0.15, 0.2) is 36.4 Å². The van der Waals surface area contributed by atoms with Crippen LogP contribution in [0.1, 0.15) is 42.5 Å². The molecule has 2 aromatic carbocycles. The van der Waals surface area contributed by atoms with Gasteiger partial charge in [0.15, 0.2) is 15.1 Å². The second kappa shape index (κ2) is 9.71. The quantitative estimate of drug-likeness (QED) is 0.475. The topological polar surface area (TPSA) is 129 Å². The third kappa shape index (κ3) is 5.33. The molecule has 1 unspecified atom stereocenters. The minimum Gasteiger partial charge on any atom is -0.352 e. The van der Waals surface area contributed by atoms with Crippen LogP contribution in [-0.2, 0) is 19.4 Å². The van der Waals surface area contributed by atoms with Gasteiger partial charge in [-0.25, -0.2) is 17.8 Å². The van der Waals surface area contributed by atoms with Crippen LogP contribution in [0.25, 0.3) is 21.3 Å². The molecule has 35 heavy (non-hydrogen) atoms. The number of thiazole rings is 1. The Labute approximate surface area is 206 Å². The summed E-state index contributed by atoms with van der Waals surface area (Å²) in [5.41, 5.74) is 1.55. The number of carbonyl (C=O) groups excluding carboxylic acids is 2. The third-order valence-electron chi connectivity index (χ3n) is 5.63. The predicted octanol–water partition coefficient (Wildman–Crippen LogP) is 3.23. The molecule has 1 aliphatic carbocycles. The summed E-state index contributed by atoms with van der Waals surface area (Å²) in [6.45, 7) is 2.58. The van der Waals surface area contributed by atoms with Crippen molar-refractivity contribution >= 4 is 43.2 Å². The summed E-state index contributed by atoms with van der Waals surface area (Å²) in [6, 6.07) is 11.2. The Morgan fingerprint density at radius 1 is 1.23 bits per heavy atom. The molecule has 0 radical (unpaired) electrons. The van der Waals surface area contributed by atoms with E-state index in [1.807, 2.05) is 6.07 Å². The van der Waals surface area contributed by atoms with Crippen LogP contribution in [0.5, 0.6) is 0 Å². The van der Waals surface area contributed by atoms with E-state index in [2.05, 4.69) is 15.6 Å². The summed E-state index contributed by atoms with van der Waals surface area (Å²) >= 11 is 0.922. The second-order valence-electron chi connectivity index (χ2n) is 8.62. The molecular formula is C24H23FN4O4S2. The van der Waals surface area contributed by atoms with E-state index in [1.54, 1.807) is 24.3 Å². The molecule has 1 saturated carbocycles. The first kappa shape index (κ1) is 24.8. The lowest BCUT2D eigenvalue weighted by atomic mass is 10.0. The van der Waals surface area contributed by atoms with Gasteiger partial charge < -0.3 is 10.6 Å². The Bertz CT molecular complexity index is 1440. The number of rotatable bonds is 8. The van der Waals surface area contributed by atoms with Crippen LogP contribution in [0.4, 0.5) is 4.39 Å². The van der Waals surface area contributed by atoms with E-state index in [-0.39, 0.29) is 29.1 Å². The SMILES string of the molecule is CC(C)S(=O)(=O)C(C(=O)NCC(=O)NC1CC1)c1nc2cc(-c3ccc(C#N)cc3)c(F)cc2s1. The fourth-order valence-electron chi connectivity index (χ4n) is 3.47. The Balaban J connectivity index is 1.68. The first-order chi connectivity index (χ1) is 16.6. The van der Waals surface area contributed by atoms with Crippen molar-refractivity contribution < 1.29 is 22.4 Å². The van der Waals surface area contributed by atoms with Crippen LogP contribution >= 0.6 is 11.3 Å². The zero-order valence-electron chi connectivity index (χ0n) is 19.0. The van der Waals surface area contributed by atoms with E-state index >= 15 is 0 Å². The average Bonchev–Trinajstić information content (AvgIpc) is 3.54. The number of hydrogen-bond acceptors (Lipinski definition) is 7. The number of nitriles is 1. The Kier molecular flexibility index (Phi) is 6.87. The number of amides is 2. The Morgan fingerprint density at radius 2 is 1.91 bits per heavy atom. The standard InChI is InChI=1S/C24H23FN4O4S2/c1-13(2)35(32,33)22(23(31)27-12-21(30)28-16-7-8-16)24-29-19-9-17(18(25)10-20(19)34-24)15-5-3-14(11-26)4-6-15/h3-6,9-10,13,16,22H,7-8,12H2,1-2H3,(H,27,31)(H,28,30). The van der Waals surface area contributed by atoms with Gasteiger partial charge >= 0.3 is 0 Å². The summed E-state index contributed by atoms with van der Waals surface area (Å²) in [5, 5.41) is 11.6. The number of benzene rings is 2. The van der Waals surface area contributed by atoms with Crippen LogP contribution in [-0.4, -0.2) is 43.1 Å². The number of nitrogens with zero attached hydrogens (tertiary/aromatic N) is 2. The molecule has 11 heteroatoms. The molecule has 1 atom stereocenters. The van der Waals surface area contributed by atoms with Crippen molar-refractivity contribution in [1.29, 1.82) is 5.26 Å². The summed E-state index contributed by atoms with van der Waals surface area (Å²) in [6.07, 6.45) is 1.77. The van der Waals surface area contributed by atoms with Gasteiger partial charge in [0.2, 0.25) is 11.8 Å². The zero-order valence-corrected chi connectivity index (χ0v) is 20.7. The molecule has 2 N–H and O–H groups in total. The molecule has 1 aliphatic rings. The van der Waals surface area contributed by atoms with Crippen molar-refractivity contribution in [1.82, 2.24) is 15.6 Å². The highest BCUT2D eigenvalue weighted by Gasteiger charge is 2.39. The van der Waals surface area contributed by atoms with Crippen molar-refractivity contribution in [3.63, 3.8) is 0 Å². The van der Waals surface area contributed by atoms with Crippen molar-refractivity contribution in [2.75, 3.05) is 6.54 Å². The minimum absolute atomic E-state index is 0.00480. The molecule has 0 aliphatic heterocycles. The largest absolute Gasteiger partial charge is 0.352 e. The molecular weight excluding hydrogens is 491 g/mol. The smallest absolute Gasteiger partial charge is 0.245 e. The molecule has 8 nitrogen and oxygen atoms in total. The van der Waals surface area contributed by atoms with E-state index in [1.165, 1.54) is 26.0 Å². The molecule has 4 rings (SSSR count). The number of sulfone groups is 1. The lowest BCUT2D eigenvalue weighted by Crippen LogP contribution is -2.42. The first-order valence-electron chi connectivity index (χ1n) is 11.0. The number of hydrogen-bond donors (Lipinski definition) is 2. The van der Waals surface area contributed by atoms with Crippen molar-refractivity contribution in [3.8, 4) is 17.2 Å². The molecule has 1 fully saturated rings. The molecule has 1 aromatic heterocycles. The number of fused-ring (bicyclic) bond motifs is 1. The van der Waals surface area contributed by atoms with E-state index in [4.69, 9.17) is 5.26 Å². The highest BCUT2D eigenvalue weighted by Crippen LogP contribution is 2.36. The van der Waals surface area contributed by atoms with Gasteiger partial charge in [-0.15, -0.1) is 11.3 Å². The molecule has 2 amide bonds. The summed E-state index contributed by atoms with van der Waals surface area (Å²) in [4.78, 5) is 29.4. The maximum absolute atomic E-state index is 14.9. The van der Waals surface area contributed by atoms with Gasteiger partial charge in [-0.05, 0) is 56.5 Å². The van der Waals surface area contributed by atoms with E-state index in [9.17, 15) is 22.4 Å². The van der Waals surface area contributed by atoms with Crippen LogP contribution in [0, 0.1) is 17.1 Å². The third-order valence-corrected chi connectivity index (χ3v) is 9.27. The van der Waals surface area contributed by atoms with Gasteiger partial charge in [0.25, 0.3) is 0 Å². The van der Waals surface area contributed by atoms with Gasteiger partial charge in [-0.1, -0.05) is 12.1 Å². The number of carbonyl (C=O) groups is 2. The highest BCUT2D eigenvalue weighted by atomic mass is 32.2. The molecule has 182 valence electrons. The van der Waals surface area contributed by atoms with E-state index in [0.717, 1.165) is 24.2 Å². The fourth-order valence-corrected chi connectivity index (χ4v) is 6.23. The number of aromatic nitrogens is 1. The number of nitrogens with one attached hydrogen (secondary N) is 2. The molecule has 1 heterocycles. The van der Waals surface area contributed by atoms with Gasteiger partial charge in [-0.2, -0.15) is 5.26 Å². The first-order valence-corrected chi connectivity index (χ1v) is 13.4. The molecule has 3 aromatic rings. The monoisotopic (exact) mass is 514 g/mol. The fraction of sp³-hybridized carbons (Fsp3) is 0.333. The van der Waals surface area contributed by atoms with E-state index < -0.39 is 32.1 Å². The van der Waals surface area contributed by atoms with Crippen LogP contribution in [0.3, 0.4) is 0 Å². The molecule has 0 spiro atoms. The van der Waals surface area contributed by atoms with Crippen molar-refractivity contribution in [3.05, 3.63) is 52.8 Å². The second-order valence-corrected chi connectivity index (χ2v) is 12.3. The van der Waals surface area contributed by atoms with Gasteiger partial charge in [0, 0.05) is 11.6 Å². The van der Waals surface area contributed by atoms with Gasteiger partial charge in [-0.3, -0.25) is 9.59 Å². The predicted molar refractivity (Wildman–Crippen MR) is 131 cm³/mol. The van der Waals surface area contributed by atoms with Crippen LogP contribution in [0.2, 0.25) is 0 Å². The average molecular weight is 515 g/mol. The summed E-state index contributed by atoms with van der Waals surface area (Å²) in [5.74, 6) is -1.78. The van der Waals surface area contributed by atoms with Crippen molar-refractivity contribution in [2.45, 2.75) is 43.2 Å². The Hall–Kier alpha value is -3.36. The Morgan fingerprint density at radius 3 is 2.51 bits per heavy atom. The number of halogens is 1. The zero-order chi connectivity index (χ0) is 25.3. The van der Waals surface area contributed by atoms with Gasteiger partial charge in [0.1, 0.15) is 10.8 Å². The summed E-state index contributed by atoms with van der Waals surface area (Å²) in [7, 11) is -4.00.